The van der Waals surface area contributed by atoms with Crippen molar-refractivity contribution in [2.75, 3.05) is 13.2 Å². The molecule has 0 aromatic heterocycles. The van der Waals surface area contributed by atoms with Gasteiger partial charge in [-0.25, -0.2) is 0 Å². The van der Waals surface area contributed by atoms with Gasteiger partial charge in [-0.1, -0.05) is 36.4 Å². The van der Waals surface area contributed by atoms with Crippen LogP contribution in [0.2, 0.25) is 0 Å². The highest BCUT2D eigenvalue weighted by atomic mass is 16.5. The highest BCUT2D eigenvalue weighted by molar-refractivity contribution is 5.88. The van der Waals surface area contributed by atoms with Crippen LogP contribution in [0.15, 0.2) is 42.5 Å². The van der Waals surface area contributed by atoms with Crippen LogP contribution in [-0.2, 0) is 4.79 Å². The Hall–Kier alpha value is -2.07. The summed E-state index contributed by atoms with van der Waals surface area (Å²) in [5.74, 6) is 1.48. The number of carbonyl (C=O) groups excluding carboxylic acids is 1. The maximum Gasteiger partial charge on any atom is 0.220 e. The van der Waals surface area contributed by atoms with E-state index < -0.39 is 0 Å². The van der Waals surface area contributed by atoms with Gasteiger partial charge >= 0.3 is 0 Å². The zero-order valence-electron chi connectivity index (χ0n) is 14.3. The van der Waals surface area contributed by atoms with Crippen LogP contribution in [0.4, 0.5) is 0 Å². The first-order chi connectivity index (χ1) is 11.6. The second kappa shape index (κ2) is 7.22. The summed E-state index contributed by atoms with van der Waals surface area (Å²) in [7, 11) is 0. The van der Waals surface area contributed by atoms with Gasteiger partial charge < -0.3 is 15.8 Å². The van der Waals surface area contributed by atoms with Crippen molar-refractivity contribution < 1.29 is 9.53 Å². The lowest BCUT2D eigenvalue weighted by Gasteiger charge is -2.29. The molecule has 4 heteroatoms. The molecule has 0 spiro atoms. The third kappa shape index (κ3) is 3.88. The van der Waals surface area contributed by atoms with Gasteiger partial charge in [-0.15, -0.1) is 0 Å². The molecule has 1 aliphatic rings. The summed E-state index contributed by atoms with van der Waals surface area (Å²) in [5, 5.41) is 5.38. The van der Waals surface area contributed by atoms with E-state index in [0.29, 0.717) is 31.9 Å². The quantitative estimate of drug-likeness (QED) is 0.732. The second-order valence-electron chi connectivity index (χ2n) is 6.87. The number of nitrogens with one attached hydrogen (secondary N) is 1. The summed E-state index contributed by atoms with van der Waals surface area (Å²) in [6.45, 7) is 3.08. The first kappa shape index (κ1) is 16.8. The third-order valence-electron chi connectivity index (χ3n) is 4.88. The number of hydrogen-bond acceptors (Lipinski definition) is 3. The summed E-state index contributed by atoms with van der Waals surface area (Å²) < 4.78 is 5.88. The second-order valence-corrected chi connectivity index (χ2v) is 6.87. The summed E-state index contributed by atoms with van der Waals surface area (Å²) in [4.78, 5) is 12.2. The molecule has 0 heterocycles. The van der Waals surface area contributed by atoms with Gasteiger partial charge in [0.25, 0.3) is 0 Å². The van der Waals surface area contributed by atoms with E-state index in [1.54, 1.807) is 0 Å². The number of nitrogens with two attached hydrogens (primary N) is 1. The Balaban J connectivity index is 1.47. The molecule has 24 heavy (non-hydrogen) atoms. The zero-order chi connectivity index (χ0) is 17.0. The molecule has 2 aromatic rings. The molecule has 3 N–H and O–H groups in total. The summed E-state index contributed by atoms with van der Waals surface area (Å²) >= 11 is 0. The Morgan fingerprint density at radius 2 is 2.00 bits per heavy atom. The van der Waals surface area contributed by atoms with Gasteiger partial charge in [0.1, 0.15) is 5.75 Å². The van der Waals surface area contributed by atoms with Crippen LogP contribution in [0.1, 0.15) is 32.6 Å². The van der Waals surface area contributed by atoms with Crippen LogP contribution in [-0.4, -0.2) is 24.6 Å². The van der Waals surface area contributed by atoms with Gasteiger partial charge in [-0.2, -0.15) is 0 Å². The molecule has 1 amide bonds. The van der Waals surface area contributed by atoms with Gasteiger partial charge in [-0.3, -0.25) is 4.79 Å². The van der Waals surface area contributed by atoms with Crippen molar-refractivity contribution in [2.24, 2.45) is 11.7 Å². The van der Waals surface area contributed by atoms with Gasteiger partial charge in [0.15, 0.2) is 0 Å². The molecule has 4 nitrogen and oxygen atoms in total. The van der Waals surface area contributed by atoms with Crippen LogP contribution in [0, 0.1) is 5.92 Å². The topological polar surface area (TPSA) is 64.3 Å². The minimum Gasteiger partial charge on any atom is -0.493 e. The monoisotopic (exact) mass is 326 g/mol. The van der Waals surface area contributed by atoms with Crippen molar-refractivity contribution in [3.63, 3.8) is 0 Å². The standard InChI is InChI=1S/C20H26N2O2/c1-20(14-21,16-11-12-16)22-19(23)10-5-13-24-18-9-4-7-15-6-2-3-8-17(15)18/h2-4,6-9,16H,5,10-14,21H2,1H3,(H,22,23). The van der Waals surface area contributed by atoms with Crippen LogP contribution in [0.5, 0.6) is 5.75 Å². The number of ether oxygens (including phenoxy) is 1. The van der Waals surface area contributed by atoms with E-state index in [1.807, 2.05) is 24.3 Å². The summed E-state index contributed by atoms with van der Waals surface area (Å²) in [6, 6.07) is 14.2. The number of hydrogen-bond donors (Lipinski definition) is 2. The number of benzene rings is 2. The molecule has 1 saturated carbocycles. The lowest BCUT2D eigenvalue weighted by molar-refractivity contribution is -0.123. The van der Waals surface area contributed by atoms with E-state index >= 15 is 0 Å². The minimum absolute atomic E-state index is 0.0661. The molecular formula is C20H26N2O2. The lowest BCUT2D eigenvalue weighted by atomic mass is 9.95. The predicted molar refractivity (Wildman–Crippen MR) is 97.0 cm³/mol. The Morgan fingerprint density at radius 3 is 2.75 bits per heavy atom. The smallest absolute Gasteiger partial charge is 0.220 e. The molecule has 0 bridgehead atoms. The lowest BCUT2D eigenvalue weighted by Crippen LogP contribution is -2.53. The van der Waals surface area contributed by atoms with E-state index in [1.165, 1.54) is 0 Å². The van der Waals surface area contributed by atoms with Crippen molar-refractivity contribution >= 4 is 16.7 Å². The van der Waals surface area contributed by atoms with Crippen molar-refractivity contribution in [3.05, 3.63) is 42.5 Å². The average molecular weight is 326 g/mol. The molecule has 1 fully saturated rings. The molecule has 0 radical (unpaired) electrons. The first-order valence-electron chi connectivity index (χ1n) is 8.74. The Bertz CT molecular complexity index is 706. The fourth-order valence-corrected chi connectivity index (χ4v) is 3.16. The fraction of sp³-hybridized carbons (Fsp3) is 0.450. The van der Waals surface area contributed by atoms with Crippen LogP contribution < -0.4 is 15.8 Å². The Labute approximate surface area is 143 Å². The van der Waals surface area contributed by atoms with Crippen molar-refractivity contribution in [1.82, 2.24) is 5.32 Å². The number of rotatable bonds is 8. The fourth-order valence-electron chi connectivity index (χ4n) is 3.16. The molecular weight excluding hydrogens is 300 g/mol. The molecule has 3 rings (SSSR count). The Morgan fingerprint density at radius 1 is 1.25 bits per heavy atom. The summed E-state index contributed by atoms with van der Waals surface area (Å²) in [6.07, 6.45) is 3.49. The molecule has 128 valence electrons. The van der Waals surface area contributed by atoms with E-state index in [4.69, 9.17) is 10.5 Å². The van der Waals surface area contributed by atoms with Crippen molar-refractivity contribution in [2.45, 2.75) is 38.1 Å². The van der Waals surface area contributed by atoms with E-state index in [2.05, 4.69) is 30.4 Å². The van der Waals surface area contributed by atoms with E-state index in [0.717, 1.165) is 29.4 Å². The molecule has 1 atom stereocenters. The molecule has 0 saturated heterocycles. The molecule has 0 aliphatic heterocycles. The number of fused-ring (bicyclic) bond motifs is 1. The van der Waals surface area contributed by atoms with Crippen molar-refractivity contribution in [1.29, 1.82) is 0 Å². The van der Waals surface area contributed by atoms with Crippen LogP contribution in [0.3, 0.4) is 0 Å². The molecule has 1 aliphatic carbocycles. The maximum absolute atomic E-state index is 12.2. The van der Waals surface area contributed by atoms with E-state index in [-0.39, 0.29) is 11.4 Å². The Kier molecular flexibility index (Phi) is 5.05. The number of amides is 1. The molecule has 1 unspecified atom stereocenters. The minimum atomic E-state index is -0.242. The normalized spacial score (nSPS) is 16.6. The molecule has 2 aromatic carbocycles. The zero-order valence-corrected chi connectivity index (χ0v) is 14.3. The predicted octanol–water partition coefficient (Wildman–Crippen LogP) is 3.24. The average Bonchev–Trinajstić information content (AvgIpc) is 3.44. The van der Waals surface area contributed by atoms with Gasteiger partial charge in [0, 0.05) is 18.4 Å². The van der Waals surface area contributed by atoms with E-state index in [9.17, 15) is 4.79 Å². The third-order valence-corrected chi connectivity index (χ3v) is 4.88. The highest BCUT2D eigenvalue weighted by Crippen LogP contribution is 2.39. The first-order valence-corrected chi connectivity index (χ1v) is 8.74. The number of carbonyl (C=O) groups is 1. The van der Waals surface area contributed by atoms with Gasteiger partial charge in [0.05, 0.1) is 12.1 Å². The highest BCUT2D eigenvalue weighted by Gasteiger charge is 2.41. The van der Waals surface area contributed by atoms with Crippen LogP contribution >= 0.6 is 0 Å². The maximum atomic E-state index is 12.2. The van der Waals surface area contributed by atoms with Gasteiger partial charge in [0.2, 0.25) is 5.91 Å². The largest absolute Gasteiger partial charge is 0.493 e. The van der Waals surface area contributed by atoms with Gasteiger partial charge in [-0.05, 0) is 43.6 Å². The summed E-state index contributed by atoms with van der Waals surface area (Å²) in [5.41, 5.74) is 5.60. The van der Waals surface area contributed by atoms with Crippen molar-refractivity contribution in [3.8, 4) is 5.75 Å². The van der Waals surface area contributed by atoms with Crippen LogP contribution in [0.25, 0.3) is 10.8 Å². The SMILES string of the molecule is CC(CN)(NC(=O)CCCOc1cccc2ccccc12)C1CC1.